The number of nitrogens with one attached hydrogen (secondary N) is 1. The Hall–Kier alpha value is -2.29. The number of H-pyrrole nitrogens is 1. The molecule has 24 heavy (non-hydrogen) atoms. The molecule has 3 rings (SSSR count). The molecule has 0 atom stereocenters. The highest BCUT2D eigenvalue weighted by Gasteiger charge is 2.29. The molecule has 3 aromatic rings. The molecule has 0 fully saturated rings. The lowest BCUT2D eigenvalue weighted by Crippen LogP contribution is -2.19. The third-order valence-corrected chi connectivity index (χ3v) is 4.35. The molecule has 0 aliphatic heterocycles. The van der Waals surface area contributed by atoms with Crippen molar-refractivity contribution in [1.29, 1.82) is 0 Å². The van der Waals surface area contributed by atoms with Gasteiger partial charge < -0.3 is 4.98 Å². The van der Waals surface area contributed by atoms with Crippen LogP contribution in [-0.4, -0.2) is 9.97 Å². The number of hydrogen-bond donors (Lipinski definition) is 1. The second-order valence-corrected chi connectivity index (χ2v) is 8.50. The third-order valence-electron chi connectivity index (χ3n) is 4.35. The first-order valence-corrected chi connectivity index (χ1v) is 8.38. The molecule has 0 aliphatic carbocycles. The van der Waals surface area contributed by atoms with Crippen molar-refractivity contribution in [3.05, 3.63) is 47.5 Å². The zero-order valence-corrected chi connectivity index (χ0v) is 15.3. The lowest BCUT2D eigenvalue weighted by atomic mass is 9.76. The van der Waals surface area contributed by atoms with E-state index in [2.05, 4.69) is 46.5 Å². The Morgan fingerprint density at radius 1 is 0.875 bits per heavy atom. The van der Waals surface area contributed by atoms with E-state index in [0.29, 0.717) is 0 Å². The van der Waals surface area contributed by atoms with E-state index < -0.39 is 0 Å². The molecule has 0 saturated carbocycles. The van der Waals surface area contributed by atoms with E-state index in [1.807, 2.05) is 24.3 Å². The summed E-state index contributed by atoms with van der Waals surface area (Å²) in [6.45, 7) is 12.8. The molecule has 0 spiro atoms. The van der Waals surface area contributed by atoms with Crippen LogP contribution in [0.15, 0.2) is 36.4 Å². The second kappa shape index (κ2) is 5.37. The maximum Gasteiger partial charge on any atom is 0.179 e. The second-order valence-electron chi connectivity index (χ2n) is 8.50. The molecule has 2 aromatic carbocycles. The number of para-hydroxylation sites is 2. The van der Waals surface area contributed by atoms with Crippen LogP contribution >= 0.6 is 0 Å². The monoisotopic (exact) mass is 321 g/mol. The Labute approximate surface area is 143 Å². The predicted octanol–water partition coefficient (Wildman–Crippen LogP) is 5.97. The summed E-state index contributed by atoms with van der Waals surface area (Å²) in [5, 5.41) is 12.3. The summed E-state index contributed by atoms with van der Waals surface area (Å²) in [4.78, 5) is 8.25. The van der Waals surface area contributed by atoms with Crippen molar-refractivity contribution in [2.24, 2.45) is 0 Å². The lowest BCUT2D eigenvalue weighted by molar-refractivity contribution is 0.351. The number of hydrogen-bond acceptors (Lipinski definition) is 1. The number of aromatic amines is 1. The van der Waals surface area contributed by atoms with Gasteiger partial charge in [0.05, 0.1) is 11.0 Å². The molecular formula is C21H25N2O. The largest absolute Gasteiger partial charge is 0.338 e. The van der Waals surface area contributed by atoms with Gasteiger partial charge in [-0.15, -0.1) is 0 Å². The zero-order chi connectivity index (χ0) is 17.7. The first-order chi connectivity index (χ1) is 11.1. The van der Waals surface area contributed by atoms with Crippen LogP contribution in [0.1, 0.15) is 52.7 Å². The van der Waals surface area contributed by atoms with Crippen molar-refractivity contribution in [2.45, 2.75) is 52.4 Å². The van der Waals surface area contributed by atoms with Crippen molar-refractivity contribution < 1.29 is 5.11 Å². The van der Waals surface area contributed by atoms with Crippen molar-refractivity contribution in [1.82, 2.24) is 9.97 Å². The number of benzene rings is 2. The Morgan fingerprint density at radius 3 is 1.92 bits per heavy atom. The molecule has 0 unspecified atom stereocenters. The topological polar surface area (TPSA) is 48.6 Å². The summed E-state index contributed by atoms with van der Waals surface area (Å²) >= 11 is 0. The van der Waals surface area contributed by atoms with E-state index in [1.54, 1.807) is 12.1 Å². The van der Waals surface area contributed by atoms with Gasteiger partial charge in [-0.3, -0.25) is 5.11 Å². The SMILES string of the molecule is CC(C)(C)c1cc([O])cc(C(C)(C)C)c1-c1nc2ccccc2[nH]1. The minimum Gasteiger partial charge on any atom is -0.338 e. The average Bonchev–Trinajstić information content (AvgIpc) is 2.88. The zero-order valence-electron chi connectivity index (χ0n) is 15.3. The first-order valence-electron chi connectivity index (χ1n) is 8.38. The molecule has 125 valence electrons. The Morgan fingerprint density at radius 2 is 1.42 bits per heavy atom. The highest BCUT2D eigenvalue weighted by molar-refractivity contribution is 5.81. The molecule has 1 heterocycles. The molecule has 1 aromatic heterocycles. The van der Waals surface area contributed by atoms with Gasteiger partial charge in [-0.05, 0) is 46.2 Å². The lowest BCUT2D eigenvalue weighted by Gasteiger charge is -2.29. The van der Waals surface area contributed by atoms with E-state index in [-0.39, 0.29) is 16.6 Å². The fourth-order valence-electron chi connectivity index (χ4n) is 3.12. The van der Waals surface area contributed by atoms with E-state index in [1.165, 1.54) is 0 Å². The van der Waals surface area contributed by atoms with Crippen LogP contribution in [0.5, 0.6) is 5.75 Å². The van der Waals surface area contributed by atoms with E-state index >= 15 is 0 Å². The quantitative estimate of drug-likeness (QED) is 0.590. The Bertz CT molecular complexity index is 824. The summed E-state index contributed by atoms with van der Waals surface area (Å²) < 4.78 is 0. The molecule has 1 radical (unpaired) electrons. The Balaban J connectivity index is 2.39. The molecule has 3 nitrogen and oxygen atoms in total. The summed E-state index contributed by atoms with van der Waals surface area (Å²) in [7, 11) is 0. The summed E-state index contributed by atoms with van der Waals surface area (Å²) in [5.41, 5.74) is 4.81. The van der Waals surface area contributed by atoms with Gasteiger partial charge in [0.2, 0.25) is 0 Å². The number of fused-ring (bicyclic) bond motifs is 1. The molecular weight excluding hydrogens is 296 g/mol. The van der Waals surface area contributed by atoms with Crippen LogP contribution < -0.4 is 0 Å². The van der Waals surface area contributed by atoms with E-state index in [4.69, 9.17) is 4.98 Å². The summed E-state index contributed by atoms with van der Waals surface area (Å²) in [5.74, 6) is 0.899. The number of aromatic nitrogens is 2. The minimum atomic E-state index is -0.144. The van der Waals surface area contributed by atoms with Crippen molar-refractivity contribution in [2.75, 3.05) is 0 Å². The highest BCUT2D eigenvalue weighted by Crippen LogP contribution is 2.42. The normalized spacial score (nSPS) is 12.8. The van der Waals surface area contributed by atoms with Gasteiger partial charge in [-0.1, -0.05) is 53.7 Å². The first kappa shape index (κ1) is 16.6. The highest BCUT2D eigenvalue weighted by atomic mass is 16.3. The van der Waals surface area contributed by atoms with Gasteiger partial charge in [-0.2, -0.15) is 0 Å². The van der Waals surface area contributed by atoms with Crippen LogP contribution in [-0.2, 0) is 15.9 Å². The van der Waals surface area contributed by atoms with Gasteiger partial charge in [0.1, 0.15) is 5.82 Å². The number of nitrogens with zero attached hydrogens (tertiary/aromatic N) is 1. The van der Waals surface area contributed by atoms with Crippen LogP contribution in [0.3, 0.4) is 0 Å². The summed E-state index contributed by atoms with van der Waals surface area (Å²) in [6, 6.07) is 11.5. The van der Waals surface area contributed by atoms with E-state index in [9.17, 15) is 5.11 Å². The molecule has 3 heteroatoms. The average molecular weight is 321 g/mol. The predicted molar refractivity (Wildman–Crippen MR) is 99.1 cm³/mol. The van der Waals surface area contributed by atoms with Crippen molar-refractivity contribution >= 4 is 11.0 Å². The molecule has 0 aliphatic rings. The Kier molecular flexibility index (Phi) is 3.71. The van der Waals surface area contributed by atoms with Gasteiger partial charge in [-0.25, -0.2) is 4.98 Å². The van der Waals surface area contributed by atoms with Crippen LogP contribution in [0.2, 0.25) is 0 Å². The van der Waals surface area contributed by atoms with Crippen LogP contribution in [0, 0.1) is 0 Å². The van der Waals surface area contributed by atoms with Crippen molar-refractivity contribution in [3.8, 4) is 17.1 Å². The van der Waals surface area contributed by atoms with Gasteiger partial charge in [0, 0.05) is 5.56 Å². The van der Waals surface area contributed by atoms with Gasteiger partial charge >= 0.3 is 0 Å². The number of imidazole rings is 1. The van der Waals surface area contributed by atoms with Crippen LogP contribution in [0.4, 0.5) is 0 Å². The van der Waals surface area contributed by atoms with Gasteiger partial charge in [0.25, 0.3) is 0 Å². The fraction of sp³-hybridized carbons (Fsp3) is 0.381. The van der Waals surface area contributed by atoms with Crippen LogP contribution in [0.25, 0.3) is 22.4 Å². The maximum atomic E-state index is 12.3. The van der Waals surface area contributed by atoms with E-state index in [0.717, 1.165) is 33.5 Å². The molecule has 0 saturated heterocycles. The smallest absolute Gasteiger partial charge is 0.179 e. The molecule has 1 N–H and O–H groups in total. The van der Waals surface area contributed by atoms with Gasteiger partial charge in [0.15, 0.2) is 5.75 Å². The standard InChI is InChI=1S/C21H25N2O/c1-20(2,3)14-11-13(24)12-15(21(4,5)6)18(14)19-22-16-9-7-8-10-17(16)23-19/h7-12H,1-6H3,(H,22,23). The number of rotatable bonds is 1. The maximum absolute atomic E-state index is 12.3. The minimum absolute atomic E-state index is 0.0599. The van der Waals surface area contributed by atoms with Crippen molar-refractivity contribution in [3.63, 3.8) is 0 Å². The molecule has 0 amide bonds. The summed E-state index contributed by atoms with van der Waals surface area (Å²) in [6.07, 6.45) is 0. The fourth-order valence-corrected chi connectivity index (χ4v) is 3.12. The third kappa shape index (κ3) is 2.91. The molecule has 0 bridgehead atoms.